The van der Waals surface area contributed by atoms with Gasteiger partial charge in [0.05, 0.1) is 4.92 Å². The van der Waals surface area contributed by atoms with Crippen molar-refractivity contribution in [3.63, 3.8) is 0 Å². The Labute approximate surface area is 126 Å². The zero-order valence-electron chi connectivity index (χ0n) is 13.7. The molecule has 0 atom stereocenters. The van der Waals surface area contributed by atoms with Crippen molar-refractivity contribution in [3.05, 3.63) is 15.8 Å². The van der Waals surface area contributed by atoms with Crippen LogP contribution in [0.5, 0.6) is 0 Å². The Bertz CT molecular complexity index is 496. The SMILES string of the molecule is CCCN(CC(C)(C)CN)c1c([N+](=O)[O-])c(C)nn1CC. The first-order valence-corrected chi connectivity index (χ1v) is 7.44. The molecule has 1 heterocycles. The van der Waals surface area contributed by atoms with Crippen LogP contribution in [0.3, 0.4) is 0 Å². The number of anilines is 1. The fourth-order valence-electron chi connectivity index (χ4n) is 2.42. The van der Waals surface area contributed by atoms with Crippen LogP contribution >= 0.6 is 0 Å². The number of hydrogen-bond acceptors (Lipinski definition) is 5. The van der Waals surface area contributed by atoms with Crippen LogP contribution in [0, 0.1) is 22.5 Å². The summed E-state index contributed by atoms with van der Waals surface area (Å²) >= 11 is 0. The van der Waals surface area contributed by atoms with Crippen molar-refractivity contribution in [2.75, 3.05) is 24.5 Å². The Balaban J connectivity index is 3.32. The Morgan fingerprint density at radius 1 is 1.43 bits per heavy atom. The summed E-state index contributed by atoms with van der Waals surface area (Å²) in [5, 5.41) is 15.7. The van der Waals surface area contributed by atoms with Gasteiger partial charge in [-0.15, -0.1) is 0 Å². The van der Waals surface area contributed by atoms with E-state index in [-0.39, 0.29) is 16.0 Å². The summed E-state index contributed by atoms with van der Waals surface area (Å²) in [7, 11) is 0. The highest BCUT2D eigenvalue weighted by Crippen LogP contribution is 2.33. The Morgan fingerprint density at radius 3 is 2.48 bits per heavy atom. The van der Waals surface area contributed by atoms with Crippen molar-refractivity contribution in [2.45, 2.75) is 47.6 Å². The molecule has 21 heavy (non-hydrogen) atoms. The third-order valence-corrected chi connectivity index (χ3v) is 3.52. The predicted octanol–water partition coefficient (Wildman–Crippen LogP) is 2.32. The van der Waals surface area contributed by atoms with Gasteiger partial charge in [0.25, 0.3) is 0 Å². The molecule has 0 aromatic carbocycles. The van der Waals surface area contributed by atoms with Crippen molar-refractivity contribution in [2.24, 2.45) is 11.1 Å². The summed E-state index contributed by atoms with van der Waals surface area (Å²) in [5.41, 5.74) is 6.28. The zero-order valence-corrected chi connectivity index (χ0v) is 13.7. The van der Waals surface area contributed by atoms with E-state index >= 15 is 0 Å². The van der Waals surface area contributed by atoms with Crippen LogP contribution in [0.4, 0.5) is 11.5 Å². The normalized spacial score (nSPS) is 11.7. The minimum Gasteiger partial charge on any atom is -0.351 e. The van der Waals surface area contributed by atoms with Gasteiger partial charge >= 0.3 is 5.69 Å². The van der Waals surface area contributed by atoms with Gasteiger partial charge in [-0.05, 0) is 32.2 Å². The molecule has 0 spiro atoms. The molecule has 0 saturated heterocycles. The van der Waals surface area contributed by atoms with E-state index in [9.17, 15) is 10.1 Å². The average Bonchev–Trinajstić information content (AvgIpc) is 2.75. The number of nitro groups is 1. The standard InChI is InChI=1S/C14H27N5O2/c1-6-8-17(10-14(4,5)9-15)13-12(19(20)21)11(3)16-18(13)7-2/h6-10,15H2,1-5H3. The molecule has 7 nitrogen and oxygen atoms in total. The van der Waals surface area contributed by atoms with Crippen LogP contribution < -0.4 is 10.6 Å². The lowest BCUT2D eigenvalue weighted by molar-refractivity contribution is -0.384. The molecule has 0 amide bonds. The Kier molecular flexibility index (Phi) is 5.71. The van der Waals surface area contributed by atoms with E-state index in [0.29, 0.717) is 31.1 Å². The largest absolute Gasteiger partial charge is 0.351 e. The second-order valence-corrected chi connectivity index (χ2v) is 6.12. The van der Waals surface area contributed by atoms with Crippen LogP contribution in [0.2, 0.25) is 0 Å². The van der Waals surface area contributed by atoms with Gasteiger partial charge in [-0.2, -0.15) is 5.10 Å². The minimum absolute atomic E-state index is 0.109. The minimum atomic E-state index is -0.331. The first-order chi connectivity index (χ1) is 9.77. The summed E-state index contributed by atoms with van der Waals surface area (Å²) in [4.78, 5) is 13.1. The maximum absolute atomic E-state index is 11.4. The monoisotopic (exact) mass is 297 g/mol. The van der Waals surface area contributed by atoms with Crippen LogP contribution in [0.25, 0.3) is 0 Å². The zero-order chi connectivity index (χ0) is 16.2. The van der Waals surface area contributed by atoms with Crippen molar-refractivity contribution in [3.8, 4) is 0 Å². The molecule has 0 unspecified atom stereocenters. The molecule has 0 aliphatic carbocycles. The molecule has 0 aliphatic rings. The summed E-state index contributed by atoms with van der Waals surface area (Å²) < 4.78 is 1.72. The topological polar surface area (TPSA) is 90.2 Å². The van der Waals surface area contributed by atoms with Crippen molar-refractivity contribution < 1.29 is 4.92 Å². The Morgan fingerprint density at radius 2 is 2.05 bits per heavy atom. The van der Waals surface area contributed by atoms with E-state index < -0.39 is 0 Å². The third kappa shape index (κ3) is 3.93. The smallest absolute Gasteiger partial charge is 0.333 e. The summed E-state index contributed by atoms with van der Waals surface area (Å²) in [6, 6.07) is 0. The average molecular weight is 297 g/mol. The van der Waals surface area contributed by atoms with E-state index in [1.165, 1.54) is 0 Å². The van der Waals surface area contributed by atoms with E-state index in [1.54, 1.807) is 11.6 Å². The molecular weight excluding hydrogens is 270 g/mol. The molecule has 0 fully saturated rings. The quantitative estimate of drug-likeness (QED) is 0.587. The molecule has 1 rings (SSSR count). The molecule has 0 bridgehead atoms. The predicted molar refractivity (Wildman–Crippen MR) is 84.6 cm³/mol. The fourth-order valence-corrected chi connectivity index (χ4v) is 2.42. The molecule has 0 aliphatic heterocycles. The fraction of sp³-hybridized carbons (Fsp3) is 0.786. The van der Waals surface area contributed by atoms with Gasteiger partial charge in [0.2, 0.25) is 5.82 Å². The molecule has 0 saturated carbocycles. The van der Waals surface area contributed by atoms with E-state index in [0.717, 1.165) is 13.0 Å². The summed E-state index contributed by atoms with van der Waals surface area (Å²) in [5.74, 6) is 0.600. The van der Waals surface area contributed by atoms with E-state index in [2.05, 4.69) is 30.8 Å². The number of nitrogens with zero attached hydrogens (tertiary/aromatic N) is 4. The molecule has 1 aromatic rings. The first kappa shape index (κ1) is 17.4. The molecular formula is C14H27N5O2. The van der Waals surface area contributed by atoms with Gasteiger partial charge in [-0.25, -0.2) is 4.68 Å². The van der Waals surface area contributed by atoms with Crippen LogP contribution in [0.15, 0.2) is 0 Å². The molecule has 2 N–H and O–H groups in total. The molecule has 7 heteroatoms. The first-order valence-electron chi connectivity index (χ1n) is 7.44. The van der Waals surface area contributed by atoms with Crippen molar-refractivity contribution in [1.82, 2.24) is 9.78 Å². The molecule has 120 valence electrons. The van der Waals surface area contributed by atoms with Gasteiger partial charge < -0.3 is 10.6 Å². The second kappa shape index (κ2) is 6.89. The lowest BCUT2D eigenvalue weighted by Crippen LogP contribution is -2.40. The number of rotatable bonds is 8. The Hall–Kier alpha value is -1.63. The van der Waals surface area contributed by atoms with Gasteiger partial charge in [0.1, 0.15) is 5.69 Å². The van der Waals surface area contributed by atoms with Crippen molar-refractivity contribution >= 4 is 11.5 Å². The van der Waals surface area contributed by atoms with Gasteiger partial charge in [-0.1, -0.05) is 20.8 Å². The number of hydrogen-bond donors (Lipinski definition) is 1. The molecule has 0 radical (unpaired) electrons. The number of aromatic nitrogens is 2. The third-order valence-electron chi connectivity index (χ3n) is 3.52. The van der Waals surface area contributed by atoms with Crippen LogP contribution in [0.1, 0.15) is 39.8 Å². The van der Waals surface area contributed by atoms with Crippen molar-refractivity contribution in [1.29, 1.82) is 0 Å². The van der Waals surface area contributed by atoms with Gasteiger partial charge in [-0.3, -0.25) is 10.1 Å². The maximum atomic E-state index is 11.4. The lowest BCUT2D eigenvalue weighted by Gasteiger charge is -2.32. The van der Waals surface area contributed by atoms with E-state index in [1.807, 2.05) is 6.92 Å². The lowest BCUT2D eigenvalue weighted by atomic mass is 9.93. The number of nitrogens with two attached hydrogens (primary N) is 1. The van der Waals surface area contributed by atoms with Gasteiger partial charge in [0.15, 0.2) is 0 Å². The second-order valence-electron chi connectivity index (χ2n) is 6.12. The maximum Gasteiger partial charge on any atom is 0.333 e. The summed E-state index contributed by atoms with van der Waals surface area (Å²) in [6.07, 6.45) is 0.908. The van der Waals surface area contributed by atoms with Gasteiger partial charge in [0, 0.05) is 19.6 Å². The van der Waals surface area contributed by atoms with E-state index in [4.69, 9.17) is 5.73 Å². The highest BCUT2D eigenvalue weighted by atomic mass is 16.6. The highest BCUT2D eigenvalue weighted by Gasteiger charge is 2.31. The van der Waals surface area contributed by atoms with Crippen LogP contribution in [-0.4, -0.2) is 34.3 Å². The highest BCUT2D eigenvalue weighted by molar-refractivity contribution is 5.61. The molecule has 1 aromatic heterocycles. The number of aryl methyl sites for hydroxylation is 2. The summed E-state index contributed by atoms with van der Waals surface area (Å²) in [6.45, 7) is 12.4. The van der Waals surface area contributed by atoms with Crippen LogP contribution in [-0.2, 0) is 6.54 Å².